The van der Waals surface area contributed by atoms with Crippen LogP contribution in [0.5, 0.6) is 0 Å². The highest BCUT2D eigenvalue weighted by atomic mass is 16.6. The van der Waals surface area contributed by atoms with Crippen LogP contribution in [0, 0.1) is 0 Å². The molecule has 0 aliphatic rings. The molecule has 6 heteroatoms. The predicted octanol–water partition coefficient (Wildman–Crippen LogP) is 3.28. The molecule has 116 valence electrons. The molecule has 0 N–H and O–H groups in total. The fraction of sp³-hybridized carbons (Fsp3) is 0.312. The Hall–Kier alpha value is -2.63. The van der Waals surface area contributed by atoms with E-state index in [0.29, 0.717) is 11.4 Å². The van der Waals surface area contributed by atoms with Crippen molar-refractivity contribution in [3.63, 3.8) is 0 Å². The van der Waals surface area contributed by atoms with Gasteiger partial charge in [-0.25, -0.2) is 0 Å². The monoisotopic (exact) mass is 301 g/mol. The highest BCUT2D eigenvalue weighted by molar-refractivity contribution is 6.47. The number of aromatic nitrogens is 1. The first-order valence-electron chi connectivity index (χ1n) is 6.95. The maximum atomic E-state index is 5.33. The van der Waals surface area contributed by atoms with E-state index in [1.807, 2.05) is 37.3 Å². The molecule has 0 radical (unpaired) electrons. The lowest BCUT2D eigenvalue weighted by Crippen LogP contribution is -2.13. The third kappa shape index (κ3) is 3.52. The smallest absolute Gasteiger partial charge is 0.167 e. The molecule has 0 saturated heterocycles. The van der Waals surface area contributed by atoms with E-state index in [9.17, 15) is 0 Å². The van der Waals surface area contributed by atoms with E-state index in [-0.39, 0.29) is 0 Å². The standard InChI is InChI=1S/C16H19N3O3/c1-5-14-10-15(22-18-14)12-6-8-13(9-7-12)16(19-21-4)11(2)17-20-3/h6-10H,5H2,1-4H3. The van der Waals surface area contributed by atoms with Crippen molar-refractivity contribution >= 4 is 11.4 Å². The topological polar surface area (TPSA) is 69.2 Å². The third-order valence-electron chi connectivity index (χ3n) is 3.12. The average molecular weight is 301 g/mol. The van der Waals surface area contributed by atoms with Gasteiger partial charge in [-0.1, -0.05) is 46.7 Å². The molecule has 6 nitrogen and oxygen atoms in total. The van der Waals surface area contributed by atoms with Crippen LogP contribution in [0.25, 0.3) is 11.3 Å². The minimum Gasteiger partial charge on any atom is -0.399 e. The molecule has 0 aliphatic carbocycles. The maximum Gasteiger partial charge on any atom is 0.167 e. The van der Waals surface area contributed by atoms with E-state index in [4.69, 9.17) is 14.2 Å². The summed E-state index contributed by atoms with van der Waals surface area (Å²) in [7, 11) is 2.99. The van der Waals surface area contributed by atoms with Gasteiger partial charge in [0, 0.05) is 17.2 Å². The summed E-state index contributed by atoms with van der Waals surface area (Å²) >= 11 is 0. The molecule has 2 rings (SSSR count). The van der Waals surface area contributed by atoms with Gasteiger partial charge in [0.25, 0.3) is 0 Å². The predicted molar refractivity (Wildman–Crippen MR) is 85.0 cm³/mol. The van der Waals surface area contributed by atoms with Gasteiger partial charge >= 0.3 is 0 Å². The summed E-state index contributed by atoms with van der Waals surface area (Å²) in [5, 5.41) is 11.9. The number of hydrogen-bond donors (Lipinski definition) is 0. The fourth-order valence-electron chi connectivity index (χ4n) is 2.01. The van der Waals surface area contributed by atoms with Crippen LogP contribution < -0.4 is 0 Å². The molecule has 2 aromatic rings. The fourth-order valence-corrected chi connectivity index (χ4v) is 2.01. The summed E-state index contributed by atoms with van der Waals surface area (Å²) in [6.45, 7) is 3.84. The van der Waals surface area contributed by atoms with Gasteiger partial charge in [0.05, 0.1) is 5.69 Å². The zero-order valence-corrected chi connectivity index (χ0v) is 13.2. The van der Waals surface area contributed by atoms with Gasteiger partial charge in [0.2, 0.25) is 0 Å². The summed E-state index contributed by atoms with van der Waals surface area (Å²) in [4.78, 5) is 9.67. The molecule has 0 amide bonds. The number of rotatable bonds is 6. The largest absolute Gasteiger partial charge is 0.399 e. The first-order chi connectivity index (χ1) is 10.7. The Morgan fingerprint density at radius 3 is 2.36 bits per heavy atom. The van der Waals surface area contributed by atoms with Crippen LogP contribution in [0.3, 0.4) is 0 Å². The normalized spacial score (nSPS) is 12.4. The van der Waals surface area contributed by atoms with Crippen LogP contribution in [0.15, 0.2) is 45.2 Å². The molecule has 0 saturated carbocycles. The summed E-state index contributed by atoms with van der Waals surface area (Å²) in [5.41, 5.74) is 4.00. The van der Waals surface area contributed by atoms with Gasteiger partial charge in [-0.2, -0.15) is 0 Å². The number of oxime groups is 2. The minimum atomic E-state index is 0.614. The van der Waals surface area contributed by atoms with E-state index in [2.05, 4.69) is 15.5 Å². The van der Waals surface area contributed by atoms with Crippen LogP contribution >= 0.6 is 0 Å². The highest BCUT2D eigenvalue weighted by Gasteiger charge is 2.11. The molecule has 0 unspecified atom stereocenters. The van der Waals surface area contributed by atoms with Gasteiger partial charge in [-0.3, -0.25) is 0 Å². The molecule has 0 spiro atoms. The summed E-state index contributed by atoms with van der Waals surface area (Å²) in [6, 6.07) is 9.68. The van der Waals surface area contributed by atoms with Crippen LogP contribution in [0.1, 0.15) is 25.1 Å². The first-order valence-corrected chi connectivity index (χ1v) is 6.95. The van der Waals surface area contributed by atoms with Crippen molar-refractivity contribution in [2.24, 2.45) is 10.3 Å². The molecule has 1 aromatic heterocycles. The van der Waals surface area contributed by atoms with E-state index < -0.39 is 0 Å². The Morgan fingerprint density at radius 1 is 1.14 bits per heavy atom. The molecule has 0 fully saturated rings. The lowest BCUT2D eigenvalue weighted by atomic mass is 10.0. The number of aryl methyl sites for hydroxylation is 1. The molecule has 0 aliphatic heterocycles. The zero-order chi connectivity index (χ0) is 15.9. The van der Waals surface area contributed by atoms with E-state index >= 15 is 0 Å². The lowest BCUT2D eigenvalue weighted by molar-refractivity contribution is 0.210. The Bertz CT molecular complexity index is 672. The van der Waals surface area contributed by atoms with Crippen LogP contribution in [0.2, 0.25) is 0 Å². The van der Waals surface area contributed by atoms with Crippen molar-refractivity contribution in [2.75, 3.05) is 14.2 Å². The van der Waals surface area contributed by atoms with E-state index in [1.165, 1.54) is 14.2 Å². The highest BCUT2D eigenvalue weighted by Crippen LogP contribution is 2.21. The van der Waals surface area contributed by atoms with Crippen molar-refractivity contribution in [3.05, 3.63) is 41.6 Å². The molecule has 22 heavy (non-hydrogen) atoms. The van der Waals surface area contributed by atoms with Crippen molar-refractivity contribution in [1.82, 2.24) is 5.16 Å². The second kappa shape index (κ2) is 7.40. The molecule has 1 aromatic carbocycles. The Kier molecular flexibility index (Phi) is 5.30. The quantitative estimate of drug-likeness (QED) is 0.606. The second-order valence-electron chi connectivity index (χ2n) is 4.60. The molecule has 0 atom stereocenters. The van der Waals surface area contributed by atoms with Gasteiger partial charge in [-0.15, -0.1) is 0 Å². The SMILES string of the molecule is CCc1cc(-c2ccc(C(=NOC)C(C)=NOC)cc2)on1. The third-order valence-corrected chi connectivity index (χ3v) is 3.12. The van der Waals surface area contributed by atoms with Crippen molar-refractivity contribution in [2.45, 2.75) is 20.3 Å². The molecule has 0 bridgehead atoms. The zero-order valence-electron chi connectivity index (χ0n) is 13.2. The maximum absolute atomic E-state index is 5.33. The number of benzene rings is 1. The number of hydrogen-bond acceptors (Lipinski definition) is 6. The number of nitrogens with zero attached hydrogens (tertiary/aromatic N) is 3. The van der Waals surface area contributed by atoms with Crippen LogP contribution in [-0.2, 0) is 16.1 Å². The van der Waals surface area contributed by atoms with E-state index in [0.717, 1.165) is 29.0 Å². The summed E-state index contributed by atoms with van der Waals surface area (Å²) < 4.78 is 5.33. The average Bonchev–Trinajstić information content (AvgIpc) is 3.02. The Balaban J connectivity index is 2.30. The van der Waals surface area contributed by atoms with Crippen LogP contribution in [0.4, 0.5) is 0 Å². The second-order valence-corrected chi connectivity index (χ2v) is 4.60. The van der Waals surface area contributed by atoms with Crippen LogP contribution in [-0.4, -0.2) is 30.8 Å². The Labute approximate surface area is 129 Å². The van der Waals surface area contributed by atoms with Gasteiger partial charge < -0.3 is 14.2 Å². The summed E-state index contributed by atoms with van der Waals surface area (Å²) in [5.74, 6) is 0.746. The van der Waals surface area contributed by atoms with Crippen molar-refractivity contribution in [1.29, 1.82) is 0 Å². The minimum absolute atomic E-state index is 0.614. The van der Waals surface area contributed by atoms with Gasteiger partial charge in [-0.05, 0) is 13.3 Å². The summed E-state index contributed by atoms with van der Waals surface area (Å²) in [6.07, 6.45) is 0.846. The van der Waals surface area contributed by atoms with Gasteiger partial charge in [0.1, 0.15) is 25.6 Å². The molecular weight excluding hydrogens is 282 g/mol. The van der Waals surface area contributed by atoms with Gasteiger partial charge in [0.15, 0.2) is 5.76 Å². The lowest BCUT2D eigenvalue weighted by Gasteiger charge is -2.05. The Morgan fingerprint density at radius 2 is 1.82 bits per heavy atom. The van der Waals surface area contributed by atoms with E-state index in [1.54, 1.807) is 6.92 Å². The first kappa shape index (κ1) is 15.8. The van der Waals surface area contributed by atoms with Crippen molar-refractivity contribution in [3.8, 4) is 11.3 Å². The van der Waals surface area contributed by atoms with Crippen molar-refractivity contribution < 1.29 is 14.2 Å². The molecular formula is C16H19N3O3. The molecule has 1 heterocycles.